The molecule has 0 aliphatic rings. The van der Waals surface area contributed by atoms with Crippen molar-refractivity contribution in [3.8, 4) is 0 Å². The number of aromatic nitrogens is 2. The molecule has 14 heavy (non-hydrogen) atoms. The number of hydrogen-bond acceptors (Lipinski definition) is 5. The van der Waals surface area contributed by atoms with E-state index in [1.807, 2.05) is 4.98 Å². The molecule has 1 N–H and O–H groups in total. The highest BCUT2D eigenvalue weighted by molar-refractivity contribution is 5.88. The van der Waals surface area contributed by atoms with Gasteiger partial charge >= 0.3 is 11.7 Å². The molecule has 1 rings (SSSR count). The number of rotatable bonds is 2. The fourth-order valence-corrected chi connectivity index (χ4v) is 0.830. The molecule has 0 bridgehead atoms. The Balaban J connectivity index is 3.23. The molecule has 1 heterocycles. The molecular weight excluding hydrogens is 192 g/mol. The van der Waals surface area contributed by atoms with Crippen molar-refractivity contribution in [2.75, 3.05) is 7.11 Å². The first-order valence-electron chi connectivity index (χ1n) is 3.61. The predicted octanol–water partition coefficient (Wildman–Crippen LogP) is -1.21. The zero-order chi connectivity index (χ0) is 10.7. The summed E-state index contributed by atoms with van der Waals surface area (Å²) in [6.45, 7) is 0. The first kappa shape index (κ1) is 10.2. The van der Waals surface area contributed by atoms with E-state index in [1.165, 1.54) is 7.05 Å². The van der Waals surface area contributed by atoms with Crippen molar-refractivity contribution in [2.45, 2.75) is 0 Å². The maximum atomic E-state index is 11.1. The molecule has 0 aliphatic carbocycles. The number of aromatic amines is 1. The summed E-state index contributed by atoms with van der Waals surface area (Å²) in [4.78, 5) is 43.2. The third kappa shape index (κ3) is 1.88. The van der Waals surface area contributed by atoms with E-state index >= 15 is 0 Å². The Kier molecular flexibility index (Phi) is 2.82. The van der Waals surface area contributed by atoms with E-state index in [-0.39, 0.29) is 5.56 Å². The molecule has 0 spiro atoms. The van der Waals surface area contributed by atoms with Gasteiger partial charge in [0.1, 0.15) is 5.56 Å². The van der Waals surface area contributed by atoms with Crippen molar-refractivity contribution in [3.63, 3.8) is 0 Å². The topological polar surface area (TPSA) is 90.4 Å². The number of H-pyrrole nitrogens is 1. The second kappa shape index (κ2) is 3.88. The van der Waals surface area contributed by atoms with Crippen LogP contribution >= 0.6 is 0 Å². The lowest BCUT2D eigenvalue weighted by Gasteiger charge is -2.00. The van der Waals surface area contributed by atoms with E-state index in [2.05, 4.69) is 9.78 Å². The van der Waals surface area contributed by atoms with Gasteiger partial charge in [-0.05, 0) is 0 Å². The Morgan fingerprint density at radius 1 is 1.50 bits per heavy atom. The average molecular weight is 200 g/mol. The van der Waals surface area contributed by atoms with Crippen molar-refractivity contribution >= 4 is 5.97 Å². The molecule has 0 saturated heterocycles. The number of nitrogens with one attached hydrogen (secondary N) is 1. The van der Waals surface area contributed by atoms with E-state index in [0.29, 0.717) is 0 Å². The van der Waals surface area contributed by atoms with Crippen LogP contribution in [0.1, 0.15) is 10.4 Å². The molecule has 0 amide bonds. The number of nitrogens with zero attached hydrogens (tertiary/aromatic N) is 1. The molecule has 76 valence electrons. The third-order valence-corrected chi connectivity index (χ3v) is 1.49. The lowest BCUT2D eigenvalue weighted by molar-refractivity contribution is -0.216. The van der Waals surface area contributed by atoms with Crippen molar-refractivity contribution in [1.29, 1.82) is 0 Å². The summed E-state index contributed by atoms with van der Waals surface area (Å²) in [5, 5.41) is 0. The highest BCUT2D eigenvalue weighted by Gasteiger charge is 2.13. The quantitative estimate of drug-likeness (QED) is 0.478. The Morgan fingerprint density at radius 2 is 2.14 bits per heavy atom. The number of aryl methyl sites for hydroxylation is 1. The molecule has 0 aliphatic heterocycles. The first-order valence-corrected chi connectivity index (χ1v) is 3.61. The minimum Gasteiger partial charge on any atom is -0.303 e. The second-order valence-corrected chi connectivity index (χ2v) is 2.45. The van der Waals surface area contributed by atoms with Gasteiger partial charge < -0.3 is 4.57 Å². The zero-order valence-corrected chi connectivity index (χ0v) is 7.57. The van der Waals surface area contributed by atoms with Gasteiger partial charge in [-0.2, -0.15) is 4.89 Å². The highest BCUT2D eigenvalue weighted by atomic mass is 17.2. The minimum absolute atomic E-state index is 0.297. The normalized spacial score (nSPS) is 9.86. The molecule has 7 nitrogen and oxygen atoms in total. The Hall–Kier alpha value is -1.89. The van der Waals surface area contributed by atoms with Crippen LogP contribution in [0.2, 0.25) is 0 Å². The van der Waals surface area contributed by atoms with Crippen LogP contribution in [-0.2, 0) is 16.8 Å². The van der Waals surface area contributed by atoms with Gasteiger partial charge in [0, 0.05) is 13.2 Å². The number of hydrogen-bond donors (Lipinski definition) is 1. The number of carbonyl (C=O) groups is 1. The average Bonchev–Trinajstić information content (AvgIpc) is 2.11. The maximum Gasteiger partial charge on any atom is 0.380 e. The Labute approximate surface area is 77.8 Å². The van der Waals surface area contributed by atoms with Gasteiger partial charge in [0.25, 0.3) is 5.56 Å². The standard InChI is InChI=1S/C7H8N2O5/c1-9-3-4(6(11)14-13-2)5(10)8-7(9)12/h3H,1-2H3,(H,8,10,12). The summed E-state index contributed by atoms with van der Waals surface area (Å²) in [5.74, 6) is -0.954. The molecule has 0 aromatic carbocycles. The van der Waals surface area contributed by atoms with Crippen molar-refractivity contribution in [2.24, 2.45) is 7.05 Å². The van der Waals surface area contributed by atoms with Gasteiger partial charge in [0.2, 0.25) is 0 Å². The number of carbonyl (C=O) groups excluding carboxylic acids is 1. The summed E-state index contributed by atoms with van der Waals surface area (Å²) in [6, 6.07) is 0. The lowest BCUT2D eigenvalue weighted by Crippen LogP contribution is -2.32. The smallest absolute Gasteiger partial charge is 0.303 e. The van der Waals surface area contributed by atoms with Crippen LogP contribution in [0.3, 0.4) is 0 Å². The summed E-state index contributed by atoms with van der Waals surface area (Å²) in [6.07, 6.45) is 1.07. The SMILES string of the molecule is COOC(=O)c1cn(C)c(=O)[nH]c1=O. The van der Waals surface area contributed by atoms with Crippen LogP contribution in [-0.4, -0.2) is 22.6 Å². The largest absolute Gasteiger partial charge is 0.380 e. The van der Waals surface area contributed by atoms with E-state index in [1.54, 1.807) is 0 Å². The Bertz CT molecular complexity index is 458. The van der Waals surface area contributed by atoms with Crippen molar-refractivity contribution < 1.29 is 14.6 Å². The lowest BCUT2D eigenvalue weighted by atomic mass is 10.3. The molecule has 0 atom stereocenters. The molecular formula is C7H8N2O5. The van der Waals surface area contributed by atoms with E-state index < -0.39 is 17.2 Å². The van der Waals surface area contributed by atoms with Crippen LogP contribution in [0.4, 0.5) is 0 Å². The fourth-order valence-electron chi connectivity index (χ4n) is 0.830. The monoisotopic (exact) mass is 200 g/mol. The summed E-state index contributed by atoms with van der Waals surface area (Å²) in [7, 11) is 2.52. The van der Waals surface area contributed by atoms with Gasteiger partial charge in [-0.3, -0.25) is 14.7 Å². The molecule has 7 heteroatoms. The van der Waals surface area contributed by atoms with Crippen molar-refractivity contribution in [1.82, 2.24) is 9.55 Å². The minimum atomic E-state index is -0.954. The van der Waals surface area contributed by atoms with Gasteiger partial charge in [-0.25, -0.2) is 9.59 Å². The fraction of sp³-hybridized carbons (Fsp3) is 0.286. The molecule has 1 aromatic heterocycles. The molecule has 1 aromatic rings. The third-order valence-electron chi connectivity index (χ3n) is 1.49. The van der Waals surface area contributed by atoms with E-state index in [4.69, 9.17) is 0 Å². The molecule has 0 saturated carbocycles. The highest BCUT2D eigenvalue weighted by Crippen LogP contribution is 1.91. The Morgan fingerprint density at radius 3 is 2.71 bits per heavy atom. The van der Waals surface area contributed by atoms with Gasteiger partial charge in [-0.1, -0.05) is 0 Å². The van der Waals surface area contributed by atoms with Crippen molar-refractivity contribution in [3.05, 3.63) is 32.6 Å². The van der Waals surface area contributed by atoms with Crippen LogP contribution in [0.25, 0.3) is 0 Å². The van der Waals surface area contributed by atoms with E-state index in [9.17, 15) is 14.4 Å². The summed E-state index contributed by atoms with van der Waals surface area (Å²) in [5.41, 5.74) is -1.71. The summed E-state index contributed by atoms with van der Waals surface area (Å²) >= 11 is 0. The molecule has 0 radical (unpaired) electrons. The van der Waals surface area contributed by atoms with Crippen LogP contribution in [0, 0.1) is 0 Å². The van der Waals surface area contributed by atoms with Crippen LogP contribution < -0.4 is 11.2 Å². The van der Waals surface area contributed by atoms with Gasteiger partial charge in [0.15, 0.2) is 0 Å². The second-order valence-electron chi connectivity index (χ2n) is 2.45. The molecule has 0 unspecified atom stereocenters. The zero-order valence-electron chi connectivity index (χ0n) is 7.57. The summed E-state index contributed by atoms with van der Waals surface area (Å²) < 4.78 is 1.05. The van der Waals surface area contributed by atoms with Crippen LogP contribution in [0.5, 0.6) is 0 Å². The van der Waals surface area contributed by atoms with Gasteiger partial charge in [-0.15, -0.1) is 0 Å². The predicted molar refractivity (Wildman–Crippen MR) is 44.7 cm³/mol. The first-order chi connectivity index (χ1) is 6.56. The van der Waals surface area contributed by atoms with Crippen LogP contribution in [0.15, 0.2) is 15.8 Å². The maximum absolute atomic E-state index is 11.1. The van der Waals surface area contributed by atoms with E-state index in [0.717, 1.165) is 17.9 Å². The molecule has 0 fully saturated rings. The van der Waals surface area contributed by atoms with Gasteiger partial charge in [0.05, 0.1) is 7.11 Å².